The van der Waals surface area contributed by atoms with Crippen molar-refractivity contribution in [1.82, 2.24) is 10.2 Å². The number of rotatable bonds is 2. The maximum Gasteiger partial charge on any atom is 0.193 e. The van der Waals surface area contributed by atoms with Gasteiger partial charge in [0, 0.05) is 32.2 Å². The first-order valence-corrected chi connectivity index (χ1v) is 7.28. The number of likely N-dealkylation sites (tertiary alicyclic amines) is 1. The molecule has 4 nitrogen and oxygen atoms in total. The molecule has 0 saturated carbocycles. The minimum Gasteiger partial charge on any atom is -0.352 e. The van der Waals surface area contributed by atoms with Gasteiger partial charge < -0.3 is 10.2 Å². The van der Waals surface area contributed by atoms with Crippen LogP contribution in [0.15, 0.2) is 23.2 Å². The van der Waals surface area contributed by atoms with Crippen LogP contribution >= 0.6 is 0 Å². The summed E-state index contributed by atoms with van der Waals surface area (Å²) in [6.45, 7) is 4.60. The van der Waals surface area contributed by atoms with Crippen LogP contribution in [-0.4, -0.2) is 31.0 Å². The van der Waals surface area contributed by atoms with Crippen molar-refractivity contribution < 1.29 is 4.39 Å². The van der Waals surface area contributed by atoms with E-state index < -0.39 is 0 Å². The van der Waals surface area contributed by atoms with Crippen LogP contribution in [0.2, 0.25) is 0 Å². The zero-order valence-electron chi connectivity index (χ0n) is 12.6. The first-order chi connectivity index (χ1) is 10.1. The maximum absolute atomic E-state index is 13.8. The number of piperidine rings is 1. The lowest BCUT2D eigenvalue weighted by Crippen LogP contribution is -2.45. The highest BCUT2D eigenvalue weighted by Crippen LogP contribution is 2.16. The van der Waals surface area contributed by atoms with Crippen LogP contribution in [0.5, 0.6) is 0 Å². The van der Waals surface area contributed by atoms with Gasteiger partial charge in [0.05, 0.1) is 11.6 Å². The molecule has 1 saturated heterocycles. The molecule has 1 aliphatic heterocycles. The van der Waals surface area contributed by atoms with E-state index in [1.807, 2.05) is 6.07 Å². The predicted octanol–water partition coefficient (Wildman–Crippen LogP) is 2.50. The van der Waals surface area contributed by atoms with Gasteiger partial charge in [0.15, 0.2) is 5.96 Å². The first-order valence-electron chi connectivity index (χ1n) is 7.28. The highest BCUT2D eigenvalue weighted by atomic mass is 19.1. The van der Waals surface area contributed by atoms with Crippen molar-refractivity contribution in [2.45, 2.75) is 26.3 Å². The number of nitriles is 1. The Morgan fingerprint density at radius 2 is 2.19 bits per heavy atom. The Bertz CT molecular complexity index is 554. The fourth-order valence-electron chi connectivity index (χ4n) is 2.49. The quantitative estimate of drug-likeness (QED) is 0.672. The van der Waals surface area contributed by atoms with Crippen LogP contribution in [0, 0.1) is 23.1 Å². The van der Waals surface area contributed by atoms with Crippen LogP contribution in [-0.2, 0) is 6.54 Å². The van der Waals surface area contributed by atoms with Gasteiger partial charge in [0.1, 0.15) is 5.82 Å². The van der Waals surface area contributed by atoms with Gasteiger partial charge in [-0.1, -0.05) is 13.0 Å². The Kier molecular flexibility index (Phi) is 5.15. The highest BCUT2D eigenvalue weighted by Gasteiger charge is 2.18. The molecule has 1 heterocycles. The van der Waals surface area contributed by atoms with Gasteiger partial charge in [-0.3, -0.25) is 4.99 Å². The zero-order valence-corrected chi connectivity index (χ0v) is 12.6. The molecule has 0 amide bonds. The smallest absolute Gasteiger partial charge is 0.193 e. The minimum absolute atomic E-state index is 0.339. The van der Waals surface area contributed by atoms with Crippen molar-refractivity contribution in [3.8, 4) is 6.07 Å². The minimum atomic E-state index is -0.357. The monoisotopic (exact) mass is 288 g/mol. The molecule has 2 rings (SSSR count). The molecule has 1 aliphatic rings. The number of nitrogens with one attached hydrogen (secondary N) is 1. The van der Waals surface area contributed by atoms with E-state index in [0.717, 1.165) is 37.8 Å². The second-order valence-corrected chi connectivity index (χ2v) is 5.49. The average molecular weight is 288 g/mol. The highest BCUT2D eigenvalue weighted by molar-refractivity contribution is 5.79. The summed E-state index contributed by atoms with van der Waals surface area (Å²) in [6, 6.07) is 6.48. The van der Waals surface area contributed by atoms with Crippen molar-refractivity contribution in [2.24, 2.45) is 10.9 Å². The zero-order chi connectivity index (χ0) is 15.2. The Balaban J connectivity index is 1.96. The summed E-state index contributed by atoms with van der Waals surface area (Å²) in [6.07, 6.45) is 2.32. The number of benzene rings is 1. The van der Waals surface area contributed by atoms with E-state index in [1.165, 1.54) is 6.07 Å². The fourth-order valence-corrected chi connectivity index (χ4v) is 2.49. The molecule has 5 heteroatoms. The van der Waals surface area contributed by atoms with Gasteiger partial charge in [-0.05, 0) is 30.9 Å². The van der Waals surface area contributed by atoms with Crippen molar-refractivity contribution in [3.63, 3.8) is 0 Å². The summed E-state index contributed by atoms with van der Waals surface area (Å²) >= 11 is 0. The second-order valence-electron chi connectivity index (χ2n) is 5.49. The van der Waals surface area contributed by atoms with Crippen LogP contribution < -0.4 is 5.32 Å². The summed E-state index contributed by atoms with van der Waals surface area (Å²) in [5.74, 6) is 1.21. The molecule has 0 atom stereocenters. The molecule has 1 aromatic carbocycles. The molecule has 0 aromatic heterocycles. The SMILES string of the molecule is CN=C(NCc1ccc(C#N)cc1F)N1CCC(C)CC1. The van der Waals surface area contributed by atoms with Gasteiger partial charge >= 0.3 is 0 Å². The van der Waals surface area contributed by atoms with Gasteiger partial charge in [0.2, 0.25) is 0 Å². The largest absolute Gasteiger partial charge is 0.352 e. The topological polar surface area (TPSA) is 51.4 Å². The van der Waals surface area contributed by atoms with Gasteiger partial charge in [-0.2, -0.15) is 5.26 Å². The molecule has 1 fully saturated rings. The predicted molar refractivity (Wildman–Crippen MR) is 81.3 cm³/mol. The number of aliphatic imine (C=N–C) groups is 1. The van der Waals surface area contributed by atoms with Crippen LogP contribution in [0.1, 0.15) is 30.9 Å². The standard InChI is InChI=1S/C16H21FN4/c1-12-5-7-21(8-6-12)16(19-2)20-11-14-4-3-13(10-18)9-15(14)17/h3-4,9,12H,5-8,11H2,1-2H3,(H,19,20). The lowest BCUT2D eigenvalue weighted by atomic mass is 9.99. The summed E-state index contributed by atoms with van der Waals surface area (Å²) in [7, 11) is 1.75. The number of nitrogens with zero attached hydrogens (tertiary/aromatic N) is 3. The Morgan fingerprint density at radius 3 is 2.76 bits per heavy atom. The number of hydrogen-bond acceptors (Lipinski definition) is 2. The van der Waals surface area contributed by atoms with Crippen molar-refractivity contribution in [3.05, 3.63) is 35.1 Å². The Labute approximate surface area is 125 Å². The van der Waals surface area contributed by atoms with Crippen molar-refractivity contribution in [1.29, 1.82) is 5.26 Å². The molecule has 0 unspecified atom stereocenters. The normalized spacial score (nSPS) is 16.7. The van der Waals surface area contributed by atoms with E-state index in [-0.39, 0.29) is 5.82 Å². The Hall–Kier alpha value is -2.09. The van der Waals surface area contributed by atoms with E-state index in [0.29, 0.717) is 17.7 Å². The lowest BCUT2D eigenvalue weighted by molar-refractivity contribution is 0.273. The molecular formula is C16H21FN4. The second kappa shape index (κ2) is 7.07. The molecule has 0 aliphatic carbocycles. The molecule has 0 spiro atoms. The van der Waals surface area contributed by atoms with E-state index in [1.54, 1.807) is 19.2 Å². The first kappa shape index (κ1) is 15.3. The molecule has 1 aromatic rings. The summed E-state index contributed by atoms with van der Waals surface area (Å²) in [5.41, 5.74) is 0.881. The lowest BCUT2D eigenvalue weighted by Gasteiger charge is -2.32. The molecular weight excluding hydrogens is 267 g/mol. The van der Waals surface area contributed by atoms with E-state index in [2.05, 4.69) is 22.1 Å². The third-order valence-corrected chi connectivity index (χ3v) is 3.91. The van der Waals surface area contributed by atoms with E-state index in [4.69, 9.17) is 5.26 Å². The summed E-state index contributed by atoms with van der Waals surface area (Å²) < 4.78 is 13.8. The van der Waals surface area contributed by atoms with Gasteiger partial charge in [-0.15, -0.1) is 0 Å². The molecule has 0 radical (unpaired) electrons. The number of halogens is 1. The fraction of sp³-hybridized carbons (Fsp3) is 0.500. The number of hydrogen-bond donors (Lipinski definition) is 1. The van der Waals surface area contributed by atoms with E-state index >= 15 is 0 Å². The third kappa shape index (κ3) is 3.94. The van der Waals surface area contributed by atoms with E-state index in [9.17, 15) is 4.39 Å². The maximum atomic E-state index is 13.8. The van der Waals surface area contributed by atoms with Gasteiger partial charge in [0.25, 0.3) is 0 Å². The van der Waals surface area contributed by atoms with Gasteiger partial charge in [-0.25, -0.2) is 4.39 Å². The summed E-state index contributed by atoms with van der Waals surface area (Å²) in [5, 5.41) is 11.9. The molecule has 112 valence electrons. The molecule has 1 N–H and O–H groups in total. The molecule has 21 heavy (non-hydrogen) atoms. The van der Waals surface area contributed by atoms with Crippen LogP contribution in [0.25, 0.3) is 0 Å². The average Bonchev–Trinajstić information content (AvgIpc) is 2.50. The third-order valence-electron chi connectivity index (χ3n) is 3.91. The van der Waals surface area contributed by atoms with Crippen LogP contribution in [0.3, 0.4) is 0 Å². The summed E-state index contributed by atoms with van der Waals surface area (Å²) in [4.78, 5) is 6.48. The Morgan fingerprint density at radius 1 is 1.48 bits per heavy atom. The van der Waals surface area contributed by atoms with Crippen molar-refractivity contribution in [2.75, 3.05) is 20.1 Å². The van der Waals surface area contributed by atoms with Crippen LogP contribution in [0.4, 0.5) is 4.39 Å². The number of guanidine groups is 1. The molecule has 0 bridgehead atoms. The van der Waals surface area contributed by atoms with Crippen molar-refractivity contribution >= 4 is 5.96 Å².